The highest BCUT2D eigenvalue weighted by atomic mass is 32.2. The molecule has 1 aliphatic rings. The molecule has 1 unspecified atom stereocenters. The second-order valence-corrected chi connectivity index (χ2v) is 7.10. The number of nitrogens with zero attached hydrogens (tertiary/aromatic N) is 1. The Morgan fingerprint density at radius 3 is 2.68 bits per heavy atom. The van der Waals surface area contributed by atoms with E-state index in [1.54, 1.807) is 6.92 Å². The van der Waals surface area contributed by atoms with Gasteiger partial charge in [0.15, 0.2) is 9.84 Å². The Balaban J connectivity index is 2.35. The molecule has 1 aliphatic heterocycles. The van der Waals surface area contributed by atoms with E-state index in [1.165, 1.54) is 12.1 Å². The predicted molar refractivity (Wildman–Crippen MR) is 68.4 cm³/mol. The highest BCUT2D eigenvalue weighted by Gasteiger charge is 2.39. The lowest BCUT2D eigenvalue weighted by Gasteiger charge is -2.25. The third-order valence-electron chi connectivity index (χ3n) is 3.11. The number of hydrogen-bond donors (Lipinski definition) is 1. The Kier molecular flexibility index (Phi) is 3.21. The zero-order valence-corrected chi connectivity index (χ0v) is 11.0. The molecular weight excluding hydrogens is 275 g/mol. The molecule has 0 bridgehead atoms. The number of para-hydroxylation sites is 1. The first kappa shape index (κ1) is 13.7. The van der Waals surface area contributed by atoms with Gasteiger partial charge in [-0.1, -0.05) is 6.07 Å². The fourth-order valence-corrected chi connectivity index (χ4v) is 4.33. The molecule has 1 heterocycles. The van der Waals surface area contributed by atoms with E-state index in [9.17, 15) is 22.9 Å². The molecule has 0 aliphatic carbocycles. The van der Waals surface area contributed by atoms with Gasteiger partial charge in [-0.25, -0.2) is 8.42 Å². The standard InChI is InChI=1S/C11H13FN2O4S/c1-11(5-6-19(17,18)7-11)13-9-4-2-3-8(12)10(9)14(15)16/h2-4,13H,5-7H2,1H3. The minimum atomic E-state index is -3.14. The molecule has 1 aromatic rings. The van der Waals surface area contributed by atoms with Crippen LogP contribution in [-0.4, -0.2) is 30.4 Å². The molecule has 1 saturated heterocycles. The predicted octanol–water partition coefficient (Wildman–Crippen LogP) is 1.72. The van der Waals surface area contributed by atoms with Gasteiger partial charge in [0.1, 0.15) is 5.69 Å². The normalized spacial score (nSPS) is 25.2. The second-order valence-electron chi connectivity index (χ2n) is 4.92. The Morgan fingerprint density at radius 1 is 1.47 bits per heavy atom. The number of nitro groups is 1. The van der Waals surface area contributed by atoms with Crippen LogP contribution in [0, 0.1) is 15.9 Å². The average Bonchev–Trinajstić information content (AvgIpc) is 2.52. The second kappa shape index (κ2) is 4.44. The van der Waals surface area contributed by atoms with Crippen LogP contribution in [-0.2, 0) is 9.84 Å². The molecule has 0 radical (unpaired) electrons. The SMILES string of the molecule is CC1(Nc2cccc(F)c2[N+](=O)[O-])CCS(=O)(=O)C1. The van der Waals surface area contributed by atoms with Crippen LogP contribution in [0.25, 0.3) is 0 Å². The molecule has 8 heteroatoms. The van der Waals surface area contributed by atoms with Crippen molar-refractivity contribution in [3.63, 3.8) is 0 Å². The third-order valence-corrected chi connectivity index (χ3v) is 5.01. The molecule has 6 nitrogen and oxygen atoms in total. The van der Waals surface area contributed by atoms with E-state index in [0.29, 0.717) is 6.42 Å². The average molecular weight is 288 g/mol. The lowest BCUT2D eigenvalue weighted by Crippen LogP contribution is -2.36. The number of anilines is 1. The van der Waals surface area contributed by atoms with Crippen molar-refractivity contribution in [1.82, 2.24) is 0 Å². The number of nitrogens with one attached hydrogen (secondary N) is 1. The van der Waals surface area contributed by atoms with E-state index in [-0.39, 0.29) is 17.2 Å². The van der Waals surface area contributed by atoms with E-state index in [4.69, 9.17) is 0 Å². The smallest absolute Gasteiger partial charge is 0.327 e. The fraction of sp³-hybridized carbons (Fsp3) is 0.455. The Labute approximate surface area is 109 Å². The maximum Gasteiger partial charge on any atom is 0.327 e. The van der Waals surface area contributed by atoms with Crippen LogP contribution in [0.5, 0.6) is 0 Å². The third kappa shape index (κ3) is 2.83. The minimum absolute atomic E-state index is 0.00426. The molecule has 2 rings (SSSR count). The van der Waals surface area contributed by atoms with Crippen molar-refractivity contribution in [3.05, 3.63) is 34.1 Å². The Morgan fingerprint density at radius 2 is 2.16 bits per heavy atom. The summed E-state index contributed by atoms with van der Waals surface area (Å²) < 4.78 is 36.4. The summed E-state index contributed by atoms with van der Waals surface area (Å²) in [6, 6.07) is 3.71. The molecule has 1 aromatic carbocycles. The molecule has 1 atom stereocenters. The van der Waals surface area contributed by atoms with Gasteiger partial charge in [-0.05, 0) is 25.5 Å². The summed E-state index contributed by atoms with van der Waals surface area (Å²) >= 11 is 0. The van der Waals surface area contributed by atoms with Crippen molar-refractivity contribution < 1.29 is 17.7 Å². The van der Waals surface area contributed by atoms with Gasteiger partial charge >= 0.3 is 5.69 Å². The van der Waals surface area contributed by atoms with Crippen LogP contribution in [0.2, 0.25) is 0 Å². The highest BCUT2D eigenvalue weighted by molar-refractivity contribution is 7.91. The summed E-state index contributed by atoms with van der Waals surface area (Å²) in [5, 5.41) is 13.7. The first-order chi connectivity index (χ1) is 8.72. The lowest BCUT2D eigenvalue weighted by molar-refractivity contribution is -0.386. The minimum Gasteiger partial charge on any atom is -0.373 e. The molecule has 1 fully saturated rings. The van der Waals surface area contributed by atoms with Gasteiger partial charge < -0.3 is 5.32 Å². The van der Waals surface area contributed by atoms with Gasteiger partial charge in [0.2, 0.25) is 5.82 Å². The van der Waals surface area contributed by atoms with Crippen molar-refractivity contribution in [2.24, 2.45) is 0 Å². The van der Waals surface area contributed by atoms with Crippen LogP contribution in [0.1, 0.15) is 13.3 Å². The maximum absolute atomic E-state index is 13.5. The molecule has 19 heavy (non-hydrogen) atoms. The molecule has 0 saturated carbocycles. The first-order valence-electron chi connectivity index (χ1n) is 5.64. The van der Waals surface area contributed by atoms with Gasteiger partial charge in [0.25, 0.3) is 0 Å². The van der Waals surface area contributed by atoms with E-state index in [0.717, 1.165) is 6.07 Å². The van der Waals surface area contributed by atoms with Crippen LogP contribution < -0.4 is 5.32 Å². The largest absolute Gasteiger partial charge is 0.373 e. The zero-order valence-electron chi connectivity index (χ0n) is 10.2. The van der Waals surface area contributed by atoms with Gasteiger partial charge in [0.05, 0.1) is 16.4 Å². The van der Waals surface area contributed by atoms with E-state index in [1.807, 2.05) is 0 Å². The molecule has 0 amide bonds. The number of sulfone groups is 1. The molecule has 0 spiro atoms. The summed E-state index contributed by atoms with van der Waals surface area (Å²) in [6.45, 7) is 1.66. The number of benzene rings is 1. The zero-order chi connectivity index (χ0) is 14.3. The lowest BCUT2D eigenvalue weighted by atomic mass is 10.0. The number of hydrogen-bond acceptors (Lipinski definition) is 5. The van der Waals surface area contributed by atoms with Crippen molar-refractivity contribution in [3.8, 4) is 0 Å². The first-order valence-corrected chi connectivity index (χ1v) is 7.46. The van der Waals surface area contributed by atoms with E-state index < -0.39 is 31.8 Å². The summed E-state index contributed by atoms with van der Waals surface area (Å²) in [4.78, 5) is 10.0. The quantitative estimate of drug-likeness (QED) is 0.675. The van der Waals surface area contributed by atoms with Crippen LogP contribution >= 0.6 is 0 Å². The Hall–Kier alpha value is -1.70. The number of halogens is 1. The van der Waals surface area contributed by atoms with Gasteiger partial charge in [-0.15, -0.1) is 0 Å². The molecule has 104 valence electrons. The summed E-state index contributed by atoms with van der Waals surface area (Å²) in [5.41, 5.74) is -1.46. The molecule has 0 aromatic heterocycles. The van der Waals surface area contributed by atoms with Crippen molar-refractivity contribution in [1.29, 1.82) is 0 Å². The van der Waals surface area contributed by atoms with Crippen LogP contribution in [0.4, 0.5) is 15.8 Å². The van der Waals surface area contributed by atoms with Gasteiger partial charge in [-0.3, -0.25) is 10.1 Å². The fourth-order valence-electron chi connectivity index (χ4n) is 2.24. The van der Waals surface area contributed by atoms with Gasteiger partial charge in [-0.2, -0.15) is 4.39 Å². The van der Waals surface area contributed by atoms with Crippen molar-refractivity contribution in [2.45, 2.75) is 18.9 Å². The van der Waals surface area contributed by atoms with E-state index in [2.05, 4.69) is 5.32 Å². The Bertz CT molecular complexity index is 632. The molecular formula is C11H13FN2O4S. The van der Waals surface area contributed by atoms with Crippen molar-refractivity contribution >= 4 is 21.2 Å². The monoisotopic (exact) mass is 288 g/mol. The van der Waals surface area contributed by atoms with Crippen LogP contribution in [0.3, 0.4) is 0 Å². The van der Waals surface area contributed by atoms with Gasteiger partial charge in [0, 0.05) is 5.54 Å². The topological polar surface area (TPSA) is 89.3 Å². The van der Waals surface area contributed by atoms with E-state index >= 15 is 0 Å². The van der Waals surface area contributed by atoms with Crippen molar-refractivity contribution in [2.75, 3.05) is 16.8 Å². The highest BCUT2D eigenvalue weighted by Crippen LogP contribution is 2.33. The summed E-state index contributed by atoms with van der Waals surface area (Å²) in [7, 11) is -3.14. The number of rotatable bonds is 3. The van der Waals surface area contributed by atoms with Crippen LogP contribution in [0.15, 0.2) is 18.2 Å². The number of nitro benzene ring substituents is 1. The maximum atomic E-state index is 13.5. The molecule has 1 N–H and O–H groups in total. The summed E-state index contributed by atoms with van der Waals surface area (Å²) in [6.07, 6.45) is 0.336. The summed E-state index contributed by atoms with van der Waals surface area (Å²) in [5.74, 6) is -1.03.